The number of halogens is 1. The predicted octanol–water partition coefficient (Wildman–Crippen LogP) is 1.72. The van der Waals surface area contributed by atoms with Crippen molar-refractivity contribution in [2.45, 2.75) is 11.4 Å². The Morgan fingerprint density at radius 2 is 2.16 bits per heavy atom. The van der Waals surface area contributed by atoms with Gasteiger partial charge in [0.05, 0.1) is 0 Å². The minimum Gasteiger partial charge on any atom is -0.477 e. The topological polar surface area (TPSA) is 186 Å². The van der Waals surface area contributed by atoms with Crippen LogP contribution in [0.15, 0.2) is 46.1 Å². The van der Waals surface area contributed by atoms with Crippen LogP contribution in [0, 0.1) is 0 Å². The Balaban J connectivity index is 1.43. The van der Waals surface area contributed by atoms with Crippen molar-refractivity contribution in [2.75, 3.05) is 30.5 Å². The number of carbonyl (C=O) groups excluding carboxylic acids is 3. The zero-order valence-corrected chi connectivity index (χ0v) is 21.4. The van der Waals surface area contributed by atoms with Gasteiger partial charge in [0.2, 0.25) is 0 Å². The number of β-lactam (4-membered cyclic amide) rings is 1. The summed E-state index contributed by atoms with van der Waals surface area (Å²) in [6.07, 6.45) is -0.820. The van der Waals surface area contributed by atoms with Crippen LogP contribution in [0.2, 0.25) is 5.02 Å². The molecule has 0 bridgehead atoms. The third kappa shape index (κ3) is 5.63. The van der Waals surface area contributed by atoms with Gasteiger partial charge in [-0.05, 0) is 18.2 Å². The summed E-state index contributed by atoms with van der Waals surface area (Å²) in [5.41, 5.74) is 5.94. The number of carboxylic acids is 1. The largest absolute Gasteiger partial charge is 0.477 e. The van der Waals surface area contributed by atoms with Crippen LogP contribution >= 0.6 is 34.7 Å². The summed E-state index contributed by atoms with van der Waals surface area (Å²) in [5, 5.41) is 20.0. The molecule has 0 radical (unpaired) electrons. The van der Waals surface area contributed by atoms with E-state index in [1.807, 2.05) is 0 Å². The molecule has 2 aliphatic rings. The van der Waals surface area contributed by atoms with Crippen molar-refractivity contribution in [3.63, 3.8) is 0 Å². The number of rotatable bonds is 8. The van der Waals surface area contributed by atoms with Crippen LogP contribution < -0.4 is 16.4 Å². The minimum absolute atomic E-state index is 0.147. The van der Waals surface area contributed by atoms with Gasteiger partial charge in [-0.1, -0.05) is 22.8 Å². The Morgan fingerprint density at radius 1 is 1.38 bits per heavy atom. The molecule has 1 fully saturated rings. The number of anilines is 2. The molecule has 194 valence electrons. The Bertz CT molecular complexity index is 1330. The second-order valence-corrected chi connectivity index (χ2v) is 9.95. The molecule has 1 aromatic carbocycles. The van der Waals surface area contributed by atoms with Gasteiger partial charge < -0.3 is 25.7 Å². The number of nitrogens with two attached hydrogens (primary N) is 1. The number of amides is 3. The molecular formula is C21H19ClN6O7S2. The van der Waals surface area contributed by atoms with Gasteiger partial charge in [-0.3, -0.25) is 19.8 Å². The summed E-state index contributed by atoms with van der Waals surface area (Å²) in [5.74, 6) is -2.59. The summed E-state index contributed by atoms with van der Waals surface area (Å²) < 4.78 is 5.17. The van der Waals surface area contributed by atoms with Crippen molar-refractivity contribution < 1.29 is 33.9 Å². The lowest BCUT2D eigenvalue weighted by molar-refractivity contribution is -0.150. The van der Waals surface area contributed by atoms with E-state index < -0.39 is 35.3 Å². The highest BCUT2D eigenvalue weighted by molar-refractivity contribution is 8.00. The number of oxime groups is 1. The molecule has 1 unspecified atom stereocenters. The normalized spacial score (nSPS) is 19.0. The van der Waals surface area contributed by atoms with E-state index in [1.165, 1.54) is 30.3 Å². The standard InChI is InChI=1S/C21H19ClN6O7S2/c1-34-27-13(12-8-37-20(23)25-12)16(29)26-14-17(30)28-15(19(31)32)9(7-36-18(14)28)6-35-21(33)24-11-4-2-3-10(22)5-11/h2-5,8,14,18H,6-7H2,1H3,(H2,23,25)(H,24,33)(H,26,29)(H,31,32)/b27-13+/t14?,18-/m1/s1. The molecule has 3 heterocycles. The fourth-order valence-electron chi connectivity index (χ4n) is 3.57. The van der Waals surface area contributed by atoms with Crippen molar-refractivity contribution in [2.24, 2.45) is 5.16 Å². The summed E-state index contributed by atoms with van der Waals surface area (Å²) in [7, 11) is 1.25. The van der Waals surface area contributed by atoms with Crippen LogP contribution in [0.4, 0.5) is 15.6 Å². The monoisotopic (exact) mass is 566 g/mol. The summed E-state index contributed by atoms with van der Waals surface area (Å²) in [4.78, 5) is 59.6. The molecule has 2 aliphatic heterocycles. The number of aliphatic carboxylic acids is 1. The third-order valence-electron chi connectivity index (χ3n) is 5.15. The summed E-state index contributed by atoms with van der Waals surface area (Å²) >= 11 is 8.20. The zero-order chi connectivity index (χ0) is 26.7. The number of aromatic nitrogens is 1. The number of thiazole rings is 1. The van der Waals surface area contributed by atoms with Crippen LogP contribution in [-0.4, -0.2) is 75.5 Å². The lowest BCUT2D eigenvalue weighted by Gasteiger charge is -2.49. The minimum atomic E-state index is -1.36. The van der Waals surface area contributed by atoms with Crippen molar-refractivity contribution in [3.05, 3.63) is 51.6 Å². The molecule has 0 aliphatic carbocycles. The van der Waals surface area contributed by atoms with E-state index in [9.17, 15) is 24.3 Å². The Hall–Kier alpha value is -3.82. The average Bonchev–Trinajstić information content (AvgIpc) is 3.29. The summed E-state index contributed by atoms with van der Waals surface area (Å²) in [6.45, 7) is -0.357. The number of hydrogen-bond donors (Lipinski definition) is 4. The van der Waals surface area contributed by atoms with Crippen molar-refractivity contribution >= 4 is 75.1 Å². The zero-order valence-electron chi connectivity index (χ0n) is 19.0. The SMILES string of the molecule is CO/N=C(/C(=O)NC1C(=O)N2C(C(=O)O)=C(COC(=O)Nc3cccc(Cl)c3)CS[C@H]12)c1csc(N)n1. The third-order valence-corrected chi connectivity index (χ3v) is 7.40. The molecule has 2 aromatic rings. The second-order valence-electron chi connectivity index (χ2n) is 7.52. The van der Waals surface area contributed by atoms with E-state index in [2.05, 4.69) is 20.8 Å². The second kappa shape index (κ2) is 11.1. The fourth-order valence-corrected chi connectivity index (χ4v) is 5.63. The molecule has 3 amide bonds. The molecule has 1 saturated heterocycles. The van der Waals surface area contributed by atoms with E-state index in [0.29, 0.717) is 10.7 Å². The van der Waals surface area contributed by atoms with E-state index in [1.54, 1.807) is 18.2 Å². The van der Waals surface area contributed by atoms with Crippen molar-refractivity contribution in [1.82, 2.24) is 15.2 Å². The number of fused-ring (bicyclic) bond motifs is 1. The average molecular weight is 567 g/mol. The van der Waals surface area contributed by atoms with Crippen molar-refractivity contribution in [3.8, 4) is 0 Å². The lowest BCUT2D eigenvalue weighted by atomic mass is 10.0. The Kier molecular flexibility index (Phi) is 7.85. The van der Waals surface area contributed by atoms with E-state index in [-0.39, 0.29) is 40.2 Å². The first kappa shape index (κ1) is 26.2. The van der Waals surface area contributed by atoms with Gasteiger partial charge >= 0.3 is 12.1 Å². The fraction of sp³-hybridized carbons (Fsp3) is 0.238. The number of ether oxygens (including phenoxy) is 1. The van der Waals surface area contributed by atoms with Gasteiger partial charge in [0.25, 0.3) is 11.8 Å². The first-order valence-corrected chi connectivity index (χ1v) is 12.7. The quantitative estimate of drug-likeness (QED) is 0.208. The lowest BCUT2D eigenvalue weighted by Crippen LogP contribution is -2.71. The Labute approximate surface area is 222 Å². The first-order chi connectivity index (χ1) is 17.7. The number of benzene rings is 1. The van der Waals surface area contributed by atoms with Crippen LogP contribution in [0.1, 0.15) is 5.69 Å². The maximum Gasteiger partial charge on any atom is 0.411 e. The van der Waals surface area contributed by atoms with Gasteiger partial charge in [-0.15, -0.1) is 23.1 Å². The molecule has 4 rings (SSSR count). The molecule has 0 spiro atoms. The molecule has 1 aromatic heterocycles. The van der Waals surface area contributed by atoms with Gasteiger partial charge in [-0.25, -0.2) is 14.6 Å². The first-order valence-electron chi connectivity index (χ1n) is 10.4. The maximum absolute atomic E-state index is 12.9. The highest BCUT2D eigenvalue weighted by Gasteiger charge is 2.54. The molecule has 13 nitrogen and oxygen atoms in total. The van der Waals surface area contributed by atoms with Crippen LogP contribution in [0.5, 0.6) is 0 Å². The van der Waals surface area contributed by atoms with Crippen LogP contribution in [0.3, 0.4) is 0 Å². The maximum atomic E-state index is 12.9. The number of hydrogen-bond acceptors (Lipinski definition) is 11. The number of thioether (sulfide) groups is 1. The smallest absolute Gasteiger partial charge is 0.411 e. The van der Waals surface area contributed by atoms with E-state index >= 15 is 0 Å². The molecule has 5 N–H and O–H groups in total. The Morgan fingerprint density at radius 3 is 2.81 bits per heavy atom. The number of nitrogens with zero attached hydrogens (tertiary/aromatic N) is 3. The predicted molar refractivity (Wildman–Crippen MR) is 136 cm³/mol. The molecule has 16 heteroatoms. The highest BCUT2D eigenvalue weighted by atomic mass is 35.5. The molecule has 0 saturated carbocycles. The number of nitrogens with one attached hydrogen (secondary N) is 2. The molecular weight excluding hydrogens is 548 g/mol. The number of nitrogen functional groups attached to an aromatic ring is 1. The van der Waals surface area contributed by atoms with E-state index in [4.69, 9.17) is 26.9 Å². The highest BCUT2D eigenvalue weighted by Crippen LogP contribution is 2.40. The van der Waals surface area contributed by atoms with Gasteiger partial charge in [0, 0.05) is 27.4 Å². The number of carbonyl (C=O) groups is 4. The van der Waals surface area contributed by atoms with Crippen LogP contribution in [0.25, 0.3) is 0 Å². The van der Waals surface area contributed by atoms with Gasteiger partial charge in [0.15, 0.2) is 10.8 Å². The molecule has 2 atom stereocenters. The van der Waals surface area contributed by atoms with Gasteiger partial charge in [0.1, 0.15) is 36.5 Å². The van der Waals surface area contributed by atoms with Crippen molar-refractivity contribution in [1.29, 1.82) is 0 Å². The summed E-state index contributed by atoms with van der Waals surface area (Å²) in [6, 6.07) is 5.39. The van der Waals surface area contributed by atoms with Crippen LogP contribution in [-0.2, 0) is 24.0 Å². The molecule has 37 heavy (non-hydrogen) atoms. The number of carboxylic acid groups (broad SMARTS) is 1. The van der Waals surface area contributed by atoms with E-state index in [0.717, 1.165) is 16.2 Å². The van der Waals surface area contributed by atoms with Gasteiger partial charge in [-0.2, -0.15) is 0 Å².